The molecule has 0 amide bonds. The largest absolute Gasteiger partial charge is 0.364 e. The third-order valence-corrected chi connectivity index (χ3v) is 4.77. The summed E-state index contributed by atoms with van der Waals surface area (Å²) in [4.78, 5) is 12.2. The maximum Gasteiger partial charge on any atom is 0.158 e. The van der Waals surface area contributed by atoms with Gasteiger partial charge in [0, 0.05) is 30.1 Å². The monoisotopic (exact) mass is 400 g/mol. The van der Waals surface area contributed by atoms with Crippen molar-refractivity contribution in [3.63, 3.8) is 0 Å². The van der Waals surface area contributed by atoms with Gasteiger partial charge in [0.15, 0.2) is 5.65 Å². The van der Waals surface area contributed by atoms with Crippen LogP contribution < -0.4 is 5.32 Å². The van der Waals surface area contributed by atoms with Crippen molar-refractivity contribution in [2.45, 2.75) is 13.5 Å². The summed E-state index contributed by atoms with van der Waals surface area (Å²) in [5.74, 6) is 0.952. The lowest BCUT2D eigenvalue weighted by Crippen LogP contribution is -2.04. The molecule has 0 spiro atoms. The van der Waals surface area contributed by atoms with E-state index in [-0.39, 0.29) is 5.82 Å². The Kier molecular flexibility index (Phi) is 4.40. The van der Waals surface area contributed by atoms with Crippen molar-refractivity contribution in [2.24, 2.45) is 0 Å². The number of rotatable bonds is 5. The maximum absolute atomic E-state index is 14.8. The zero-order valence-electron chi connectivity index (χ0n) is 16.0. The Morgan fingerprint density at radius 1 is 1.10 bits per heavy atom. The van der Waals surface area contributed by atoms with Gasteiger partial charge in [-0.05, 0) is 36.2 Å². The smallest absolute Gasteiger partial charge is 0.158 e. The number of hydrogen-bond donors (Lipinski definition) is 3. The molecule has 8 nitrogen and oxygen atoms in total. The molecule has 0 bridgehead atoms. The van der Waals surface area contributed by atoms with Crippen LogP contribution in [0.1, 0.15) is 11.1 Å². The van der Waals surface area contributed by atoms with Crippen LogP contribution in [0.25, 0.3) is 33.7 Å². The summed E-state index contributed by atoms with van der Waals surface area (Å²) in [6.07, 6.45) is 6.77. The van der Waals surface area contributed by atoms with Crippen LogP contribution in [0.3, 0.4) is 0 Å². The minimum absolute atomic E-state index is 0.309. The number of aromatic nitrogens is 7. The predicted molar refractivity (Wildman–Crippen MR) is 111 cm³/mol. The number of pyridine rings is 1. The summed E-state index contributed by atoms with van der Waals surface area (Å²) in [5.41, 5.74) is 5.18. The van der Waals surface area contributed by atoms with Gasteiger partial charge in [-0.15, -0.1) is 5.10 Å². The van der Waals surface area contributed by atoms with Gasteiger partial charge in [-0.25, -0.2) is 14.4 Å². The predicted octanol–water partition coefficient (Wildman–Crippen LogP) is 3.86. The first kappa shape index (κ1) is 17.9. The Labute approximate surface area is 170 Å². The lowest BCUT2D eigenvalue weighted by atomic mass is 10.0. The SMILES string of the molecule is Cc1cnnc(NCc2ccc(-c3ccnc4[nH]c(-c5cn[nH]c5)nc34)cc2F)c1. The molecular weight excluding hydrogens is 383 g/mol. The Morgan fingerprint density at radius 3 is 2.83 bits per heavy atom. The van der Waals surface area contributed by atoms with Crippen molar-refractivity contribution < 1.29 is 4.39 Å². The standard InChI is InChI=1S/C21H17FN8/c1-12-6-18(30-27-8-12)24-9-14-3-2-13(7-17(14)22)16-4-5-23-21-19(16)28-20(29-21)15-10-25-26-11-15/h2-8,10-11H,9H2,1H3,(H,24,30)(H,25,26)(H,23,28,29). The van der Waals surface area contributed by atoms with Gasteiger partial charge in [-0.1, -0.05) is 12.1 Å². The fraction of sp³-hybridized carbons (Fsp3) is 0.0952. The lowest BCUT2D eigenvalue weighted by Gasteiger charge is -2.09. The van der Waals surface area contributed by atoms with Crippen molar-refractivity contribution in [3.8, 4) is 22.5 Å². The second-order valence-corrected chi connectivity index (χ2v) is 6.91. The highest BCUT2D eigenvalue weighted by Crippen LogP contribution is 2.29. The van der Waals surface area contributed by atoms with Crippen LogP contribution in [-0.2, 0) is 6.54 Å². The number of nitrogens with one attached hydrogen (secondary N) is 3. The van der Waals surface area contributed by atoms with E-state index < -0.39 is 0 Å². The number of imidazole rings is 1. The Balaban J connectivity index is 1.44. The van der Waals surface area contributed by atoms with Crippen molar-refractivity contribution >= 4 is 17.0 Å². The van der Waals surface area contributed by atoms with Gasteiger partial charge in [0.1, 0.15) is 23.0 Å². The van der Waals surface area contributed by atoms with Gasteiger partial charge < -0.3 is 10.3 Å². The highest BCUT2D eigenvalue weighted by atomic mass is 19.1. The van der Waals surface area contributed by atoms with Crippen LogP contribution in [0.15, 0.2) is 55.1 Å². The van der Waals surface area contributed by atoms with Gasteiger partial charge in [0.05, 0.1) is 18.0 Å². The summed E-state index contributed by atoms with van der Waals surface area (Å²) >= 11 is 0. The molecular formula is C21H17FN8. The van der Waals surface area contributed by atoms with E-state index in [0.29, 0.717) is 34.9 Å². The highest BCUT2D eigenvalue weighted by Gasteiger charge is 2.13. The van der Waals surface area contributed by atoms with Crippen molar-refractivity contribution in [3.05, 3.63) is 72.1 Å². The summed E-state index contributed by atoms with van der Waals surface area (Å²) in [6.45, 7) is 2.24. The van der Waals surface area contributed by atoms with Crippen LogP contribution in [0.5, 0.6) is 0 Å². The molecule has 1 aromatic carbocycles. The molecule has 0 saturated heterocycles. The number of benzene rings is 1. The highest BCUT2D eigenvalue weighted by molar-refractivity contribution is 5.91. The third kappa shape index (κ3) is 3.37. The molecule has 5 aromatic rings. The van der Waals surface area contributed by atoms with Gasteiger partial charge in [-0.3, -0.25) is 5.10 Å². The first-order valence-corrected chi connectivity index (χ1v) is 9.33. The van der Waals surface area contributed by atoms with Gasteiger partial charge in [0.2, 0.25) is 0 Å². The summed E-state index contributed by atoms with van der Waals surface area (Å²) in [6, 6.07) is 8.85. The first-order valence-electron chi connectivity index (χ1n) is 9.33. The number of nitrogens with zero attached hydrogens (tertiary/aromatic N) is 5. The molecule has 5 rings (SSSR count). The third-order valence-electron chi connectivity index (χ3n) is 4.77. The van der Waals surface area contributed by atoms with E-state index in [1.54, 1.807) is 30.9 Å². The van der Waals surface area contributed by atoms with E-state index >= 15 is 0 Å². The molecule has 0 saturated carbocycles. The Morgan fingerprint density at radius 2 is 2.03 bits per heavy atom. The number of halogens is 1. The first-order chi connectivity index (χ1) is 14.7. The summed E-state index contributed by atoms with van der Waals surface area (Å²) in [5, 5.41) is 17.7. The minimum atomic E-state index is -0.309. The zero-order valence-corrected chi connectivity index (χ0v) is 16.0. The summed E-state index contributed by atoms with van der Waals surface area (Å²) < 4.78 is 14.8. The minimum Gasteiger partial charge on any atom is -0.364 e. The number of aryl methyl sites for hydroxylation is 1. The lowest BCUT2D eigenvalue weighted by molar-refractivity contribution is 0.613. The number of fused-ring (bicyclic) bond motifs is 1. The molecule has 4 heterocycles. The molecule has 148 valence electrons. The van der Waals surface area contributed by atoms with E-state index in [0.717, 1.165) is 22.3 Å². The van der Waals surface area contributed by atoms with Gasteiger partial charge >= 0.3 is 0 Å². The van der Waals surface area contributed by atoms with E-state index in [4.69, 9.17) is 0 Å². The molecule has 0 aliphatic carbocycles. The van der Waals surface area contributed by atoms with Crippen LogP contribution in [0.4, 0.5) is 10.2 Å². The maximum atomic E-state index is 14.8. The average Bonchev–Trinajstić information content (AvgIpc) is 3.42. The fourth-order valence-corrected chi connectivity index (χ4v) is 3.25. The number of anilines is 1. The average molecular weight is 400 g/mol. The number of hydrogen-bond acceptors (Lipinski definition) is 6. The van der Waals surface area contributed by atoms with E-state index in [1.165, 1.54) is 6.07 Å². The van der Waals surface area contributed by atoms with Crippen LogP contribution >= 0.6 is 0 Å². The second-order valence-electron chi connectivity index (χ2n) is 6.91. The normalized spacial score (nSPS) is 11.1. The quantitative estimate of drug-likeness (QED) is 0.413. The Hall–Kier alpha value is -4.14. The zero-order chi connectivity index (χ0) is 20.5. The van der Waals surface area contributed by atoms with Crippen LogP contribution in [0, 0.1) is 12.7 Å². The van der Waals surface area contributed by atoms with Gasteiger partial charge in [0.25, 0.3) is 0 Å². The molecule has 0 fully saturated rings. The van der Waals surface area contributed by atoms with Crippen molar-refractivity contribution in [2.75, 3.05) is 5.32 Å². The molecule has 0 aliphatic rings. The second kappa shape index (κ2) is 7.36. The van der Waals surface area contributed by atoms with Crippen LogP contribution in [0.2, 0.25) is 0 Å². The fourth-order valence-electron chi connectivity index (χ4n) is 3.25. The Bertz CT molecular complexity index is 1330. The molecule has 9 heteroatoms. The topological polar surface area (TPSA) is 108 Å². The molecule has 4 aromatic heterocycles. The van der Waals surface area contributed by atoms with E-state index in [2.05, 4.69) is 40.7 Å². The van der Waals surface area contributed by atoms with E-state index in [1.807, 2.05) is 25.1 Å². The molecule has 30 heavy (non-hydrogen) atoms. The van der Waals surface area contributed by atoms with E-state index in [9.17, 15) is 4.39 Å². The van der Waals surface area contributed by atoms with Gasteiger partial charge in [-0.2, -0.15) is 10.2 Å². The number of aromatic amines is 2. The van der Waals surface area contributed by atoms with Crippen molar-refractivity contribution in [1.82, 2.24) is 35.3 Å². The molecule has 3 N–H and O–H groups in total. The molecule has 0 unspecified atom stereocenters. The number of H-pyrrole nitrogens is 2. The molecule has 0 aliphatic heterocycles. The summed E-state index contributed by atoms with van der Waals surface area (Å²) in [7, 11) is 0. The molecule has 0 radical (unpaired) electrons. The van der Waals surface area contributed by atoms with Crippen LogP contribution in [-0.4, -0.2) is 35.3 Å². The molecule has 0 atom stereocenters. The van der Waals surface area contributed by atoms with Crippen molar-refractivity contribution in [1.29, 1.82) is 0 Å².